The maximum atomic E-state index is 13.1. The monoisotopic (exact) mass is 723 g/mol. The van der Waals surface area contributed by atoms with E-state index in [0.717, 1.165) is 68.0 Å². The van der Waals surface area contributed by atoms with E-state index in [9.17, 15) is 9.59 Å². The Hall–Kier alpha value is -5.88. The summed E-state index contributed by atoms with van der Waals surface area (Å²) in [6, 6.07) is 24.4. The molecule has 0 saturated heterocycles. The molecule has 0 fully saturated rings. The van der Waals surface area contributed by atoms with Crippen LogP contribution in [0.2, 0.25) is 0 Å². The van der Waals surface area contributed by atoms with Gasteiger partial charge in [0.2, 0.25) is 11.8 Å². The van der Waals surface area contributed by atoms with Gasteiger partial charge < -0.3 is 15.5 Å². The molecule has 6 aromatic rings. The summed E-state index contributed by atoms with van der Waals surface area (Å²) in [6.07, 6.45) is 4.97. The first-order chi connectivity index (χ1) is 25.7. The fourth-order valence-corrected chi connectivity index (χ4v) is 8.63. The van der Waals surface area contributed by atoms with Gasteiger partial charge in [-0.25, -0.2) is 0 Å². The summed E-state index contributed by atoms with van der Waals surface area (Å²) in [5.41, 5.74) is 9.95. The van der Waals surface area contributed by atoms with Crippen LogP contribution in [0.3, 0.4) is 0 Å². The molecule has 0 unspecified atom stereocenters. The number of para-hydroxylation sites is 1. The maximum Gasteiger partial charge on any atom is 0.246 e. The molecular weight excluding hydrogens is 683 g/mol. The number of anilines is 3. The molecule has 0 radical (unpaired) electrons. The van der Waals surface area contributed by atoms with E-state index in [-0.39, 0.29) is 30.4 Å². The number of nitrogens with zero attached hydrogens (tertiary/aromatic N) is 7. The second kappa shape index (κ2) is 13.9. The van der Waals surface area contributed by atoms with Gasteiger partial charge in [0.1, 0.15) is 23.9 Å². The Labute approximate surface area is 312 Å². The number of hydrogen-bond acceptors (Lipinski definition) is 8. The predicted octanol–water partition coefficient (Wildman–Crippen LogP) is 7.80. The molecule has 5 heterocycles. The van der Waals surface area contributed by atoms with Crippen molar-refractivity contribution in [1.29, 1.82) is 0 Å². The lowest BCUT2D eigenvalue weighted by Gasteiger charge is -2.40. The average Bonchev–Trinajstić information content (AvgIpc) is 3.82. The van der Waals surface area contributed by atoms with Gasteiger partial charge in [0.25, 0.3) is 0 Å². The number of rotatable bonds is 8. The van der Waals surface area contributed by atoms with Crippen molar-refractivity contribution in [2.24, 2.45) is 4.99 Å². The van der Waals surface area contributed by atoms with Crippen molar-refractivity contribution >= 4 is 45.9 Å². The minimum Gasteiger partial charge on any atom is -0.378 e. The highest BCUT2D eigenvalue weighted by atomic mass is 32.1. The summed E-state index contributed by atoms with van der Waals surface area (Å²) in [6.45, 7) is 10.8. The van der Waals surface area contributed by atoms with Crippen LogP contribution in [-0.4, -0.2) is 48.1 Å². The Morgan fingerprint density at radius 2 is 1.64 bits per heavy atom. The molecule has 2 aliphatic rings. The van der Waals surface area contributed by atoms with E-state index in [4.69, 9.17) is 4.99 Å². The third-order valence-corrected chi connectivity index (χ3v) is 11.4. The zero-order chi connectivity index (χ0) is 36.8. The second-order valence-electron chi connectivity index (χ2n) is 13.7. The number of fused-ring (bicyclic) bond motifs is 4. The Kier molecular flexibility index (Phi) is 8.99. The van der Waals surface area contributed by atoms with E-state index in [1.165, 1.54) is 10.4 Å². The summed E-state index contributed by atoms with van der Waals surface area (Å²) in [4.78, 5) is 34.0. The first kappa shape index (κ1) is 34.2. The lowest BCUT2D eigenvalue weighted by Crippen LogP contribution is -2.44. The van der Waals surface area contributed by atoms with Crippen molar-refractivity contribution in [1.82, 2.24) is 24.5 Å². The quantitative estimate of drug-likeness (QED) is 0.165. The average molecular weight is 724 g/mol. The van der Waals surface area contributed by atoms with Crippen LogP contribution >= 0.6 is 11.3 Å². The van der Waals surface area contributed by atoms with Crippen LogP contribution in [0.1, 0.15) is 71.5 Å². The van der Waals surface area contributed by atoms with Crippen molar-refractivity contribution in [3.8, 4) is 16.1 Å². The van der Waals surface area contributed by atoms with E-state index in [1.807, 2.05) is 67.4 Å². The smallest absolute Gasteiger partial charge is 0.246 e. The first-order valence-electron chi connectivity index (χ1n) is 17.9. The van der Waals surface area contributed by atoms with Crippen LogP contribution in [0.4, 0.5) is 17.1 Å². The SMILES string of the molecule is CCC(=O)N1c2ccccc2[C@H](Nc2ccc(-c3cnn(CC(=O)Nc4ccc(C5=NCc6nnc(C)n6-c6sc(C)c(C)c65)cc4)c3)cc2)C[C@@H]1C. The number of hydrogen-bond donors (Lipinski definition) is 2. The number of nitrogens with one attached hydrogen (secondary N) is 2. The Balaban J connectivity index is 0.908. The summed E-state index contributed by atoms with van der Waals surface area (Å²) in [7, 11) is 0. The Morgan fingerprint density at radius 3 is 2.42 bits per heavy atom. The summed E-state index contributed by atoms with van der Waals surface area (Å²) in [5, 5.41) is 20.9. The number of carbonyl (C=O) groups is 2. The highest BCUT2D eigenvalue weighted by molar-refractivity contribution is 7.15. The van der Waals surface area contributed by atoms with Gasteiger partial charge in [-0.15, -0.1) is 21.5 Å². The van der Waals surface area contributed by atoms with Crippen LogP contribution in [0.5, 0.6) is 0 Å². The van der Waals surface area contributed by atoms with E-state index >= 15 is 0 Å². The third-order valence-electron chi connectivity index (χ3n) is 10.2. The number of aromatic nitrogens is 5. The van der Waals surface area contributed by atoms with Crippen LogP contribution in [0.15, 0.2) is 90.2 Å². The topological polar surface area (TPSA) is 122 Å². The minimum absolute atomic E-state index is 0.0838. The molecule has 268 valence electrons. The van der Waals surface area contributed by atoms with E-state index in [2.05, 4.69) is 81.6 Å². The molecule has 0 aliphatic carbocycles. The number of aryl methyl sites for hydroxylation is 2. The maximum absolute atomic E-state index is 13.1. The highest BCUT2D eigenvalue weighted by Gasteiger charge is 2.33. The summed E-state index contributed by atoms with van der Waals surface area (Å²) in [5.74, 6) is 1.66. The standard InChI is InChI=1S/C41H41N9O2S/c1-6-38(52)49-24(2)19-34(33-9-7-8-10-35(33)49)44-31-15-11-28(12-16-31)30-20-43-48(22-30)23-37(51)45-32-17-13-29(14-18-32)40-39-25(3)26(4)53-41(39)50-27(5)46-47-36(50)21-42-40/h7-18,20,22,24,34,44H,6,19,21,23H2,1-5H3,(H,45,51)/t24-,34+/m0/s1. The summed E-state index contributed by atoms with van der Waals surface area (Å²) >= 11 is 1.73. The molecule has 3 aromatic carbocycles. The van der Waals surface area contributed by atoms with Crippen molar-refractivity contribution in [3.63, 3.8) is 0 Å². The normalized spacial score (nSPS) is 16.2. The van der Waals surface area contributed by atoms with Crippen LogP contribution < -0.4 is 15.5 Å². The molecule has 0 spiro atoms. The van der Waals surface area contributed by atoms with Crippen molar-refractivity contribution in [2.45, 2.75) is 72.6 Å². The number of amides is 2. The van der Waals surface area contributed by atoms with Gasteiger partial charge >= 0.3 is 0 Å². The Bertz CT molecular complexity index is 2370. The fraction of sp³-hybridized carbons (Fsp3) is 0.268. The molecule has 0 saturated carbocycles. The van der Waals surface area contributed by atoms with Gasteiger partial charge in [-0.2, -0.15) is 5.10 Å². The molecule has 3 aromatic heterocycles. The second-order valence-corrected chi connectivity index (χ2v) is 14.9. The van der Waals surface area contributed by atoms with E-state index < -0.39 is 0 Å². The zero-order valence-electron chi connectivity index (χ0n) is 30.4. The molecule has 11 nitrogen and oxygen atoms in total. The van der Waals surface area contributed by atoms with Crippen LogP contribution in [0, 0.1) is 20.8 Å². The molecule has 2 aliphatic heterocycles. The molecule has 2 atom stereocenters. The van der Waals surface area contributed by atoms with Gasteiger partial charge in [-0.05, 0) is 81.1 Å². The van der Waals surface area contributed by atoms with Gasteiger partial charge in [-0.3, -0.25) is 23.8 Å². The van der Waals surface area contributed by atoms with E-state index in [0.29, 0.717) is 18.7 Å². The number of carbonyl (C=O) groups excluding carboxylic acids is 2. The van der Waals surface area contributed by atoms with Crippen LogP contribution in [0.25, 0.3) is 16.1 Å². The number of benzene rings is 3. The largest absolute Gasteiger partial charge is 0.378 e. The lowest BCUT2D eigenvalue weighted by molar-refractivity contribution is -0.119. The van der Waals surface area contributed by atoms with Crippen molar-refractivity contribution < 1.29 is 9.59 Å². The van der Waals surface area contributed by atoms with Gasteiger partial charge in [0, 0.05) is 57.3 Å². The van der Waals surface area contributed by atoms with E-state index in [1.54, 1.807) is 22.2 Å². The fourth-order valence-electron chi connectivity index (χ4n) is 7.40. The van der Waals surface area contributed by atoms with Gasteiger partial charge in [0.05, 0.1) is 18.0 Å². The molecule has 53 heavy (non-hydrogen) atoms. The molecule has 8 rings (SSSR count). The van der Waals surface area contributed by atoms with Crippen LogP contribution in [-0.2, 0) is 22.7 Å². The third kappa shape index (κ3) is 6.43. The zero-order valence-corrected chi connectivity index (χ0v) is 31.2. The predicted molar refractivity (Wildman–Crippen MR) is 210 cm³/mol. The Morgan fingerprint density at radius 1 is 0.906 bits per heavy atom. The molecule has 2 amide bonds. The van der Waals surface area contributed by atoms with Gasteiger partial charge in [0.15, 0.2) is 5.82 Å². The molecular formula is C41H41N9O2S. The number of thiophene rings is 1. The van der Waals surface area contributed by atoms with Crippen molar-refractivity contribution in [3.05, 3.63) is 124 Å². The first-order valence-corrected chi connectivity index (χ1v) is 18.8. The molecule has 0 bridgehead atoms. The van der Waals surface area contributed by atoms with Crippen molar-refractivity contribution in [2.75, 3.05) is 15.5 Å². The summed E-state index contributed by atoms with van der Waals surface area (Å²) < 4.78 is 3.76. The number of aliphatic imine (C=N–C) groups is 1. The molecule has 12 heteroatoms. The van der Waals surface area contributed by atoms with Gasteiger partial charge in [-0.1, -0.05) is 49.4 Å². The highest BCUT2D eigenvalue weighted by Crippen LogP contribution is 2.40. The lowest BCUT2D eigenvalue weighted by atomic mass is 9.91. The molecule has 2 N–H and O–H groups in total. The minimum atomic E-state index is -0.167.